The van der Waals surface area contributed by atoms with Gasteiger partial charge in [0.05, 0.1) is 0 Å². The van der Waals surface area contributed by atoms with Gasteiger partial charge in [-0.3, -0.25) is 5.10 Å². The molecular formula is C10H12N4S. The second-order valence-corrected chi connectivity index (χ2v) is 4.36. The van der Waals surface area contributed by atoms with E-state index >= 15 is 0 Å². The summed E-state index contributed by atoms with van der Waals surface area (Å²) in [6.45, 7) is 3.87. The summed E-state index contributed by atoms with van der Waals surface area (Å²) in [4.78, 5) is 5.32. The number of aromatic nitrogens is 3. The topological polar surface area (TPSA) is 67.6 Å². The van der Waals surface area contributed by atoms with Crippen molar-refractivity contribution in [2.75, 3.05) is 5.73 Å². The minimum atomic E-state index is 0.733. The molecule has 0 unspecified atom stereocenters. The Bertz CT molecular complexity index is 478. The lowest BCUT2D eigenvalue weighted by Gasteiger charge is -2.01. The highest BCUT2D eigenvalue weighted by Gasteiger charge is 2.03. The van der Waals surface area contributed by atoms with Crippen LogP contribution in [-0.4, -0.2) is 15.2 Å². The largest absolute Gasteiger partial charge is 0.399 e. The Morgan fingerprint density at radius 2 is 2.13 bits per heavy atom. The van der Waals surface area contributed by atoms with Crippen LogP contribution in [0.3, 0.4) is 0 Å². The van der Waals surface area contributed by atoms with Crippen molar-refractivity contribution in [3.05, 3.63) is 29.6 Å². The molecule has 2 rings (SSSR count). The van der Waals surface area contributed by atoms with E-state index in [0.717, 1.165) is 27.1 Å². The Hall–Kier alpha value is -1.49. The maximum Gasteiger partial charge on any atom is 0.213 e. The highest BCUT2D eigenvalue weighted by molar-refractivity contribution is 7.99. The average Bonchev–Trinajstić information content (AvgIpc) is 2.58. The number of anilines is 1. The zero-order valence-corrected chi connectivity index (χ0v) is 9.43. The van der Waals surface area contributed by atoms with Crippen molar-refractivity contribution in [2.45, 2.75) is 23.9 Å². The van der Waals surface area contributed by atoms with Gasteiger partial charge in [0, 0.05) is 10.6 Å². The first-order chi connectivity index (χ1) is 7.15. The molecule has 0 spiro atoms. The number of hydrogen-bond donors (Lipinski definition) is 2. The summed E-state index contributed by atoms with van der Waals surface area (Å²) in [6, 6.07) is 5.90. The minimum absolute atomic E-state index is 0.733. The molecule has 2 aromatic rings. The molecule has 0 saturated carbocycles. The fourth-order valence-electron chi connectivity index (χ4n) is 1.18. The molecule has 0 fully saturated rings. The van der Waals surface area contributed by atoms with E-state index in [1.807, 2.05) is 32.0 Å². The van der Waals surface area contributed by atoms with Crippen molar-refractivity contribution < 1.29 is 0 Å². The highest BCUT2D eigenvalue weighted by atomic mass is 32.2. The number of aryl methyl sites for hydroxylation is 2. The molecule has 0 saturated heterocycles. The number of H-pyrrole nitrogens is 1. The Labute approximate surface area is 92.3 Å². The van der Waals surface area contributed by atoms with Crippen LogP contribution >= 0.6 is 11.8 Å². The monoisotopic (exact) mass is 220 g/mol. The molecular weight excluding hydrogens is 208 g/mol. The maximum absolute atomic E-state index is 5.74. The number of rotatable bonds is 2. The highest BCUT2D eigenvalue weighted by Crippen LogP contribution is 2.26. The fourth-order valence-corrected chi connectivity index (χ4v) is 2.04. The summed E-state index contributed by atoms with van der Waals surface area (Å²) >= 11 is 1.52. The molecule has 78 valence electrons. The van der Waals surface area contributed by atoms with Crippen LogP contribution in [0.5, 0.6) is 0 Å². The van der Waals surface area contributed by atoms with Gasteiger partial charge in [-0.05, 0) is 49.4 Å². The van der Waals surface area contributed by atoms with Gasteiger partial charge >= 0.3 is 0 Å². The number of nitrogens with two attached hydrogens (primary N) is 1. The van der Waals surface area contributed by atoms with Crippen LogP contribution in [0.15, 0.2) is 28.3 Å². The number of nitrogen functional groups attached to an aromatic ring is 1. The molecule has 4 nitrogen and oxygen atoms in total. The lowest BCUT2D eigenvalue weighted by Crippen LogP contribution is -1.88. The van der Waals surface area contributed by atoms with E-state index < -0.39 is 0 Å². The van der Waals surface area contributed by atoms with Gasteiger partial charge in [-0.15, -0.1) is 5.10 Å². The maximum atomic E-state index is 5.74. The SMILES string of the molecule is Cc1nc(Sc2ccc(N)c(C)c2)n[nH]1. The number of nitrogens with one attached hydrogen (secondary N) is 1. The van der Waals surface area contributed by atoms with Crippen molar-refractivity contribution in [2.24, 2.45) is 0 Å². The molecule has 0 atom stereocenters. The van der Waals surface area contributed by atoms with Gasteiger partial charge in [-0.1, -0.05) is 0 Å². The predicted octanol–water partition coefficient (Wildman–Crippen LogP) is 2.15. The van der Waals surface area contributed by atoms with Crippen molar-refractivity contribution in [3.8, 4) is 0 Å². The summed E-state index contributed by atoms with van der Waals surface area (Å²) in [6.07, 6.45) is 0. The van der Waals surface area contributed by atoms with Crippen LogP contribution in [0.25, 0.3) is 0 Å². The average molecular weight is 220 g/mol. The fraction of sp³-hybridized carbons (Fsp3) is 0.200. The molecule has 0 aliphatic heterocycles. The van der Waals surface area contributed by atoms with Crippen molar-refractivity contribution >= 4 is 17.4 Å². The van der Waals surface area contributed by atoms with Gasteiger partial charge in [0.25, 0.3) is 0 Å². The molecule has 0 radical (unpaired) electrons. The Morgan fingerprint density at radius 3 is 2.73 bits per heavy atom. The van der Waals surface area contributed by atoms with Crippen LogP contribution < -0.4 is 5.73 Å². The number of aromatic amines is 1. The Kier molecular flexibility index (Phi) is 2.64. The van der Waals surface area contributed by atoms with Crippen molar-refractivity contribution in [1.82, 2.24) is 15.2 Å². The Balaban J connectivity index is 2.21. The van der Waals surface area contributed by atoms with E-state index in [9.17, 15) is 0 Å². The van der Waals surface area contributed by atoms with Crippen molar-refractivity contribution in [3.63, 3.8) is 0 Å². The molecule has 0 bridgehead atoms. The zero-order chi connectivity index (χ0) is 10.8. The van der Waals surface area contributed by atoms with Gasteiger partial charge in [-0.25, -0.2) is 4.98 Å². The summed E-state index contributed by atoms with van der Waals surface area (Å²) in [7, 11) is 0. The van der Waals surface area contributed by atoms with Crippen LogP contribution in [0, 0.1) is 13.8 Å². The summed E-state index contributed by atoms with van der Waals surface area (Å²) in [5, 5.41) is 7.60. The van der Waals surface area contributed by atoms with Gasteiger partial charge in [0.15, 0.2) is 0 Å². The summed E-state index contributed by atoms with van der Waals surface area (Å²) < 4.78 is 0. The van der Waals surface area contributed by atoms with E-state index in [1.54, 1.807) is 0 Å². The van der Waals surface area contributed by atoms with E-state index in [-0.39, 0.29) is 0 Å². The van der Waals surface area contributed by atoms with E-state index in [1.165, 1.54) is 11.8 Å². The van der Waals surface area contributed by atoms with Gasteiger partial charge in [0.2, 0.25) is 5.16 Å². The van der Waals surface area contributed by atoms with Crippen molar-refractivity contribution in [1.29, 1.82) is 0 Å². The van der Waals surface area contributed by atoms with Gasteiger partial charge in [0.1, 0.15) is 5.82 Å². The first-order valence-corrected chi connectivity index (χ1v) is 5.40. The van der Waals surface area contributed by atoms with E-state index in [4.69, 9.17) is 5.73 Å². The molecule has 5 heteroatoms. The molecule has 3 N–H and O–H groups in total. The first kappa shape index (κ1) is 10.0. The second-order valence-electron chi connectivity index (χ2n) is 3.32. The third kappa shape index (κ3) is 2.30. The van der Waals surface area contributed by atoms with Gasteiger partial charge in [-0.2, -0.15) is 0 Å². The standard InChI is InChI=1S/C10H12N4S/c1-6-5-8(3-4-9(6)11)15-10-12-7(2)13-14-10/h3-5H,11H2,1-2H3,(H,12,13,14). The molecule has 1 aromatic carbocycles. The van der Waals surface area contributed by atoms with Gasteiger partial charge < -0.3 is 5.73 Å². The number of benzene rings is 1. The molecule has 0 amide bonds. The van der Waals surface area contributed by atoms with Crippen LogP contribution in [0.4, 0.5) is 5.69 Å². The molecule has 0 aliphatic rings. The van der Waals surface area contributed by atoms with E-state index in [2.05, 4.69) is 15.2 Å². The second kappa shape index (κ2) is 3.94. The third-order valence-electron chi connectivity index (χ3n) is 2.03. The van der Waals surface area contributed by atoms with Crippen LogP contribution in [-0.2, 0) is 0 Å². The molecule has 1 aromatic heterocycles. The summed E-state index contributed by atoms with van der Waals surface area (Å²) in [5.41, 5.74) is 7.63. The minimum Gasteiger partial charge on any atom is -0.399 e. The smallest absolute Gasteiger partial charge is 0.213 e. The molecule has 0 aliphatic carbocycles. The van der Waals surface area contributed by atoms with E-state index in [0.29, 0.717) is 0 Å². The quantitative estimate of drug-likeness (QED) is 0.761. The molecule has 15 heavy (non-hydrogen) atoms. The Morgan fingerprint density at radius 1 is 1.33 bits per heavy atom. The van der Waals surface area contributed by atoms with Crippen LogP contribution in [0.2, 0.25) is 0 Å². The molecule has 1 heterocycles. The number of hydrogen-bond acceptors (Lipinski definition) is 4. The zero-order valence-electron chi connectivity index (χ0n) is 8.61. The summed E-state index contributed by atoms with van der Waals surface area (Å²) in [5.74, 6) is 0.824. The number of nitrogens with zero attached hydrogens (tertiary/aromatic N) is 2. The first-order valence-electron chi connectivity index (χ1n) is 4.58. The third-order valence-corrected chi connectivity index (χ3v) is 2.88. The normalized spacial score (nSPS) is 10.5. The predicted molar refractivity (Wildman–Crippen MR) is 60.8 cm³/mol. The van der Waals surface area contributed by atoms with Crippen LogP contribution in [0.1, 0.15) is 11.4 Å². The lowest BCUT2D eigenvalue weighted by molar-refractivity contribution is 0.969. The lowest BCUT2D eigenvalue weighted by atomic mass is 10.2.